The van der Waals surface area contributed by atoms with Gasteiger partial charge in [0, 0.05) is 12.5 Å². The maximum atomic E-state index is 5.87. The van der Waals surface area contributed by atoms with Gasteiger partial charge in [0.05, 0.1) is 18.1 Å². The van der Waals surface area contributed by atoms with Gasteiger partial charge in [-0.25, -0.2) is 0 Å². The van der Waals surface area contributed by atoms with E-state index >= 15 is 0 Å². The summed E-state index contributed by atoms with van der Waals surface area (Å²) in [5.74, 6) is 2.81. The van der Waals surface area contributed by atoms with Crippen molar-refractivity contribution in [1.29, 1.82) is 0 Å². The van der Waals surface area contributed by atoms with Gasteiger partial charge in [-0.05, 0) is 45.1 Å². The maximum Gasteiger partial charge on any atom is 0.228 e. The zero-order valence-electron chi connectivity index (χ0n) is 11.3. The minimum Gasteiger partial charge on any atom is -0.374 e. The van der Waals surface area contributed by atoms with Crippen molar-refractivity contribution in [1.82, 2.24) is 15.5 Å². The predicted molar refractivity (Wildman–Crippen MR) is 68.8 cm³/mol. The summed E-state index contributed by atoms with van der Waals surface area (Å²) in [6, 6.07) is 0.490. The van der Waals surface area contributed by atoms with Crippen molar-refractivity contribution in [3.63, 3.8) is 0 Å². The van der Waals surface area contributed by atoms with Gasteiger partial charge in [-0.1, -0.05) is 5.16 Å². The highest BCUT2D eigenvalue weighted by molar-refractivity contribution is 5.07. The van der Waals surface area contributed by atoms with E-state index in [0.717, 1.165) is 36.9 Å². The van der Waals surface area contributed by atoms with Crippen LogP contribution in [-0.4, -0.2) is 35.4 Å². The number of fused-ring (bicyclic) bond motifs is 2. The van der Waals surface area contributed by atoms with E-state index in [1.54, 1.807) is 0 Å². The molecule has 104 valence electrons. The van der Waals surface area contributed by atoms with Crippen LogP contribution in [0.2, 0.25) is 0 Å². The summed E-state index contributed by atoms with van der Waals surface area (Å²) in [5.41, 5.74) is 0. The molecule has 4 atom stereocenters. The standard InChI is InChI=1S/C14H21N3O2/c1-15-11(8-2-3-8)7-13-16-14(17-19-13)10-6-9-4-5-12(10)18-9/h8-12,15H,2-7H2,1H3. The molecule has 2 bridgehead atoms. The van der Waals surface area contributed by atoms with Crippen molar-refractivity contribution in [2.24, 2.45) is 5.92 Å². The molecule has 5 nitrogen and oxygen atoms in total. The molecule has 0 radical (unpaired) electrons. The van der Waals surface area contributed by atoms with Crippen LogP contribution in [0.4, 0.5) is 0 Å². The number of rotatable bonds is 5. The Balaban J connectivity index is 1.44. The Kier molecular flexibility index (Phi) is 2.84. The second kappa shape index (κ2) is 4.56. The molecule has 19 heavy (non-hydrogen) atoms. The average molecular weight is 263 g/mol. The normalized spacial score (nSPS) is 34.9. The fourth-order valence-corrected chi connectivity index (χ4v) is 3.60. The van der Waals surface area contributed by atoms with Crippen LogP contribution < -0.4 is 5.32 Å². The van der Waals surface area contributed by atoms with E-state index in [2.05, 4.69) is 15.5 Å². The monoisotopic (exact) mass is 263 g/mol. The molecule has 2 aliphatic heterocycles. The van der Waals surface area contributed by atoms with Gasteiger partial charge in [-0.2, -0.15) is 4.98 Å². The summed E-state index contributed by atoms with van der Waals surface area (Å²) in [7, 11) is 2.02. The molecule has 3 heterocycles. The van der Waals surface area contributed by atoms with Gasteiger partial charge in [-0.3, -0.25) is 0 Å². The van der Waals surface area contributed by atoms with Crippen molar-refractivity contribution >= 4 is 0 Å². The summed E-state index contributed by atoms with van der Waals surface area (Å²) in [4.78, 5) is 4.61. The van der Waals surface area contributed by atoms with E-state index in [4.69, 9.17) is 9.26 Å². The Morgan fingerprint density at radius 2 is 2.21 bits per heavy atom. The number of nitrogens with zero attached hydrogens (tertiary/aromatic N) is 2. The number of likely N-dealkylation sites (N-methyl/N-ethyl adjacent to an activating group) is 1. The minimum absolute atomic E-state index is 0.332. The first-order chi connectivity index (χ1) is 9.33. The van der Waals surface area contributed by atoms with Crippen LogP contribution in [0.5, 0.6) is 0 Å². The third-order valence-corrected chi connectivity index (χ3v) is 4.88. The summed E-state index contributed by atoms with van der Waals surface area (Å²) in [6.45, 7) is 0. The predicted octanol–water partition coefficient (Wildman–Crippen LogP) is 1.64. The number of hydrogen-bond acceptors (Lipinski definition) is 5. The molecule has 1 aliphatic carbocycles. The quantitative estimate of drug-likeness (QED) is 0.875. The van der Waals surface area contributed by atoms with Gasteiger partial charge >= 0.3 is 0 Å². The molecular weight excluding hydrogens is 242 g/mol. The zero-order chi connectivity index (χ0) is 12.8. The molecule has 0 spiro atoms. The lowest BCUT2D eigenvalue weighted by Crippen LogP contribution is -2.29. The van der Waals surface area contributed by atoms with Crippen molar-refractivity contribution in [3.8, 4) is 0 Å². The van der Waals surface area contributed by atoms with Crippen LogP contribution in [0.1, 0.15) is 49.7 Å². The lowest BCUT2D eigenvalue weighted by molar-refractivity contribution is 0.0996. The van der Waals surface area contributed by atoms with E-state index in [1.165, 1.54) is 19.3 Å². The van der Waals surface area contributed by atoms with Gasteiger partial charge in [0.15, 0.2) is 5.82 Å². The van der Waals surface area contributed by atoms with Gasteiger partial charge < -0.3 is 14.6 Å². The molecule has 1 N–H and O–H groups in total. The molecule has 4 unspecified atom stereocenters. The number of aromatic nitrogens is 2. The van der Waals surface area contributed by atoms with Gasteiger partial charge in [-0.15, -0.1) is 0 Å². The summed E-state index contributed by atoms with van der Waals surface area (Å²) in [6.07, 6.45) is 7.71. The highest BCUT2D eigenvalue weighted by atomic mass is 16.5. The number of hydrogen-bond donors (Lipinski definition) is 1. The molecule has 3 aliphatic rings. The maximum absolute atomic E-state index is 5.87. The highest BCUT2D eigenvalue weighted by Crippen LogP contribution is 2.43. The van der Waals surface area contributed by atoms with Crippen LogP contribution in [0.25, 0.3) is 0 Å². The Morgan fingerprint density at radius 3 is 2.84 bits per heavy atom. The van der Waals surface area contributed by atoms with Crippen molar-refractivity contribution in [2.45, 2.75) is 62.7 Å². The first kappa shape index (κ1) is 11.9. The van der Waals surface area contributed by atoms with Crippen molar-refractivity contribution in [3.05, 3.63) is 11.7 Å². The van der Waals surface area contributed by atoms with Gasteiger partial charge in [0.25, 0.3) is 0 Å². The lowest BCUT2D eigenvalue weighted by atomic mass is 9.89. The topological polar surface area (TPSA) is 60.2 Å². The molecule has 1 saturated carbocycles. The molecule has 5 heteroatoms. The van der Waals surface area contributed by atoms with Crippen LogP contribution >= 0.6 is 0 Å². The Labute approximate surface area is 113 Å². The van der Waals surface area contributed by atoms with E-state index in [1.807, 2.05) is 7.05 Å². The molecule has 4 rings (SSSR count). The minimum atomic E-state index is 0.332. The average Bonchev–Trinajstić information content (AvgIpc) is 2.89. The van der Waals surface area contributed by atoms with Crippen molar-refractivity contribution < 1.29 is 9.26 Å². The Bertz CT molecular complexity index is 457. The van der Waals surface area contributed by atoms with E-state index in [-0.39, 0.29) is 0 Å². The second-order valence-corrected chi connectivity index (χ2v) is 6.20. The lowest BCUT2D eigenvalue weighted by Gasteiger charge is -2.14. The molecule has 1 aromatic rings. The fourth-order valence-electron chi connectivity index (χ4n) is 3.60. The van der Waals surface area contributed by atoms with Crippen LogP contribution in [0.3, 0.4) is 0 Å². The number of ether oxygens (including phenoxy) is 1. The van der Waals surface area contributed by atoms with Gasteiger partial charge in [0.2, 0.25) is 5.89 Å². The molecule has 0 aromatic carbocycles. The second-order valence-electron chi connectivity index (χ2n) is 6.20. The highest BCUT2D eigenvalue weighted by Gasteiger charge is 2.43. The summed E-state index contributed by atoms with van der Waals surface area (Å²) < 4.78 is 11.3. The van der Waals surface area contributed by atoms with Crippen LogP contribution in [-0.2, 0) is 11.2 Å². The smallest absolute Gasteiger partial charge is 0.228 e. The third-order valence-electron chi connectivity index (χ3n) is 4.88. The first-order valence-corrected chi connectivity index (χ1v) is 7.48. The summed E-state index contributed by atoms with van der Waals surface area (Å²) in [5, 5.41) is 7.56. The molecule has 3 fully saturated rings. The SMILES string of the molecule is CNC(Cc1nc(C2CC3CCC2O3)no1)C1CC1. The third kappa shape index (κ3) is 2.19. The van der Waals surface area contributed by atoms with Crippen LogP contribution in [0.15, 0.2) is 4.52 Å². The molecular formula is C14H21N3O2. The van der Waals surface area contributed by atoms with E-state index < -0.39 is 0 Å². The fraction of sp³-hybridized carbons (Fsp3) is 0.857. The summed E-state index contributed by atoms with van der Waals surface area (Å²) >= 11 is 0. The van der Waals surface area contributed by atoms with Crippen LogP contribution in [0, 0.1) is 5.92 Å². The zero-order valence-corrected chi connectivity index (χ0v) is 11.3. The largest absolute Gasteiger partial charge is 0.374 e. The molecule has 1 aromatic heterocycles. The molecule has 0 amide bonds. The Morgan fingerprint density at radius 1 is 1.32 bits per heavy atom. The van der Waals surface area contributed by atoms with E-state index in [0.29, 0.717) is 24.2 Å². The molecule has 2 saturated heterocycles. The van der Waals surface area contributed by atoms with Gasteiger partial charge in [0.1, 0.15) is 0 Å². The Hall–Kier alpha value is -0.940. The number of nitrogens with one attached hydrogen (secondary N) is 1. The van der Waals surface area contributed by atoms with Crippen molar-refractivity contribution in [2.75, 3.05) is 7.05 Å². The van der Waals surface area contributed by atoms with E-state index in [9.17, 15) is 0 Å². The first-order valence-electron chi connectivity index (χ1n) is 7.48.